The predicted molar refractivity (Wildman–Crippen MR) is 139 cm³/mol. The van der Waals surface area contributed by atoms with Gasteiger partial charge in [0.25, 0.3) is 5.91 Å². The molecule has 3 rings (SSSR count). The molecule has 8 nitrogen and oxygen atoms in total. The molecule has 0 fully saturated rings. The van der Waals surface area contributed by atoms with E-state index < -0.39 is 12.0 Å². The van der Waals surface area contributed by atoms with E-state index in [9.17, 15) is 9.59 Å². The van der Waals surface area contributed by atoms with Crippen LogP contribution in [0.1, 0.15) is 23.6 Å². The fraction of sp³-hybridized carbons (Fsp3) is 0.192. The zero-order valence-electron chi connectivity index (χ0n) is 19.5. The summed E-state index contributed by atoms with van der Waals surface area (Å²) >= 11 is 12.3. The number of carbonyl (C=O) groups is 2. The third kappa shape index (κ3) is 8.79. The summed E-state index contributed by atoms with van der Waals surface area (Å²) in [6.07, 6.45) is 0.698. The Morgan fingerprint density at radius 1 is 0.944 bits per heavy atom. The van der Waals surface area contributed by atoms with Crippen molar-refractivity contribution in [3.05, 3.63) is 93.5 Å². The van der Waals surface area contributed by atoms with Crippen LogP contribution in [0.5, 0.6) is 11.5 Å². The molecule has 0 saturated heterocycles. The molecule has 0 unspecified atom stereocenters. The fourth-order valence-corrected chi connectivity index (χ4v) is 3.35. The lowest BCUT2D eigenvalue weighted by atomic mass is 10.2. The maximum atomic E-state index is 12.0. The highest BCUT2D eigenvalue weighted by Gasteiger charge is 2.13. The molecule has 10 heteroatoms. The van der Waals surface area contributed by atoms with Gasteiger partial charge in [0, 0.05) is 5.02 Å². The number of alkyl carbamates (subject to hydrolysis) is 1. The Bertz CT molecular complexity index is 1190. The summed E-state index contributed by atoms with van der Waals surface area (Å²) in [4.78, 5) is 23.7. The highest BCUT2D eigenvalue weighted by Crippen LogP contribution is 2.37. The summed E-state index contributed by atoms with van der Waals surface area (Å²) in [6.45, 7) is 2.33. The van der Waals surface area contributed by atoms with E-state index in [1.807, 2.05) is 49.4 Å². The van der Waals surface area contributed by atoms with Crippen molar-refractivity contribution >= 4 is 41.4 Å². The summed E-state index contributed by atoms with van der Waals surface area (Å²) in [5.74, 6) is 0.310. The van der Waals surface area contributed by atoms with Crippen LogP contribution >= 0.6 is 23.2 Å². The van der Waals surface area contributed by atoms with Crippen molar-refractivity contribution < 1.29 is 23.8 Å². The van der Waals surface area contributed by atoms with Crippen LogP contribution < -0.4 is 20.2 Å². The normalized spacial score (nSPS) is 10.6. The van der Waals surface area contributed by atoms with Crippen molar-refractivity contribution in [1.29, 1.82) is 0 Å². The van der Waals surface area contributed by atoms with Gasteiger partial charge in [0.2, 0.25) is 0 Å². The number of amides is 2. The Kier molecular flexibility index (Phi) is 10.4. The van der Waals surface area contributed by atoms with Crippen molar-refractivity contribution in [2.24, 2.45) is 5.10 Å². The molecule has 0 spiro atoms. The lowest BCUT2D eigenvalue weighted by molar-refractivity contribution is -0.120. The first kappa shape index (κ1) is 26.8. The average molecular weight is 530 g/mol. The number of carbonyl (C=O) groups excluding carboxylic acids is 2. The van der Waals surface area contributed by atoms with Crippen LogP contribution in [0, 0.1) is 0 Å². The quantitative estimate of drug-likeness (QED) is 0.257. The van der Waals surface area contributed by atoms with E-state index >= 15 is 0 Å². The lowest BCUT2D eigenvalue weighted by Crippen LogP contribution is -2.35. The minimum absolute atomic E-state index is 0.106. The fourth-order valence-electron chi connectivity index (χ4n) is 2.95. The van der Waals surface area contributed by atoms with E-state index in [1.165, 1.54) is 6.21 Å². The van der Waals surface area contributed by atoms with Gasteiger partial charge < -0.3 is 19.5 Å². The van der Waals surface area contributed by atoms with Crippen LogP contribution in [0.3, 0.4) is 0 Å². The van der Waals surface area contributed by atoms with Crippen LogP contribution in [-0.2, 0) is 22.7 Å². The van der Waals surface area contributed by atoms with Crippen LogP contribution in [0.4, 0.5) is 4.79 Å². The van der Waals surface area contributed by atoms with Crippen molar-refractivity contribution in [3.8, 4) is 11.5 Å². The van der Waals surface area contributed by atoms with Gasteiger partial charge in [0.05, 0.1) is 17.8 Å². The van der Waals surface area contributed by atoms with Crippen molar-refractivity contribution in [2.75, 3.05) is 13.2 Å². The summed E-state index contributed by atoms with van der Waals surface area (Å²) in [5.41, 5.74) is 4.67. The Morgan fingerprint density at radius 3 is 2.39 bits per heavy atom. The molecule has 0 aliphatic carbocycles. The summed E-state index contributed by atoms with van der Waals surface area (Å²) < 4.78 is 16.6. The number of halogens is 2. The van der Waals surface area contributed by atoms with Crippen molar-refractivity contribution in [1.82, 2.24) is 10.7 Å². The molecule has 0 radical (unpaired) electrons. The molecule has 0 aromatic heterocycles. The SMILES string of the molecule is CCOc1cc(/C=N\NC(=O)CNC(=O)OCc2ccccc2)cc(Cl)c1OCc1ccc(Cl)cc1. The zero-order valence-corrected chi connectivity index (χ0v) is 21.0. The molecule has 0 aliphatic heterocycles. The molecule has 0 atom stereocenters. The number of ether oxygens (including phenoxy) is 3. The van der Waals surface area contributed by atoms with Gasteiger partial charge in [0.15, 0.2) is 11.5 Å². The number of nitrogens with zero attached hydrogens (tertiary/aromatic N) is 1. The second kappa shape index (κ2) is 14.0. The van der Waals surface area contributed by atoms with Crippen LogP contribution in [0.25, 0.3) is 0 Å². The van der Waals surface area contributed by atoms with Gasteiger partial charge in [0.1, 0.15) is 19.8 Å². The minimum Gasteiger partial charge on any atom is -0.490 e. The second-order valence-corrected chi connectivity index (χ2v) is 8.23. The number of hydrogen-bond donors (Lipinski definition) is 2. The maximum Gasteiger partial charge on any atom is 0.407 e. The standard InChI is InChI=1S/C26H25Cl2N3O5/c1-2-34-23-13-20(12-22(28)25(23)35-16-19-8-10-21(27)11-9-19)14-30-31-24(32)15-29-26(33)36-17-18-6-4-3-5-7-18/h3-14H,2,15-17H2,1H3,(H,29,33)(H,31,32)/b30-14-. The molecule has 0 bridgehead atoms. The predicted octanol–water partition coefficient (Wildman–Crippen LogP) is 5.35. The van der Waals surface area contributed by atoms with Gasteiger partial charge in [-0.2, -0.15) is 5.10 Å². The Balaban J connectivity index is 1.50. The summed E-state index contributed by atoms with van der Waals surface area (Å²) in [7, 11) is 0. The molecule has 0 saturated carbocycles. The first-order valence-electron chi connectivity index (χ1n) is 11.0. The Labute approximate surface area is 219 Å². The highest BCUT2D eigenvalue weighted by molar-refractivity contribution is 6.32. The van der Waals surface area contributed by atoms with Crippen LogP contribution in [-0.4, -0.2) is 31.4 Å². The van der Waals surface area contributed by atoms with E-state index in [1.54, 1.807) is 24.3 Å². The molecule has 3 aromatic carbocycles. The van der Waals surface area contributed by atoms with E-state index in [-0.39, 0.29) is 19.8 Å². The Hall–Kier alpha value is -3.75. The van der Waals surface area contributed by atoms with Crippen LogP contribution in [0.2, 0.25) is 10.0 Å². The van der Waals surface area contributed by atoms with E-state index in [2.05, 4.69) is 15.8 Å². The summed E-state index contributed by atoms with van der Waals surface area (Å²) in [5, 5.41) is 7.23. The molecule has 0 aliphatic rings. The van der Waals surface area contributed by atoms with Crippen molar-refractivity contribution in [2.45, 2.75) is 20.1 Å². The third-order valence-electron chi connectivity index (χ3n) is 4.64. The maximum absolute atomic E-state index is 12.0. The molecule has 36 heavy (non-hydrogen) atoms. The van der Waals surface area contributed by atoms with Gasteiger partial charge >= 0.3 is 6.09 Å². The molecular formula is C26H25Cl2N3O5. The highest BCUT2D eigenvalue weighted by atomic mass is 35.5. The van der Waals surface area contributed by atoms with E-state index in [0.29, 0.717) is 33.7 Å². The number of nitrogens with one attached hydrogen (secondary N) is 2. The molecule has 0 heterocycles. The first-order chi connectivity index (χ1) is 17.4. The van der Waals surface area contributed by atoms with Gasteiger partial charge in [-0.15, -0.1) is 0 Å². The third-order valence-corrected chi connectivity index (χ3v) is 5.17. The zero-order chi connectivity index (χ0) is 25.8. The number of hydrogen-bond acceptors (Lipinski definition) is 6. The van der Waals surface area contributed by atoms with E-state index in [4.69, 9.17) is 37.4 Å². The summed E-state index contributed by atoms with van der Waals surface area (Å²) in [6, 6.07) is 19.8. The number of hydrazone groups is 1. The Morgan fingerprint density at radius 2 is 1.67 bits per heavy atom. The van der Waals surface area contributed by atoms with E-state index in [0.717, 1.165) is 11.1 Å². The first-order valence-corrected chi connectivity index (χ1v) is 11.8. The molecule has 2 N–H and O–H groups in total. The van der Waals surface area contributed by atoms with Gasteiger partial charge in [-0.05, 0) is 47.9 Å². The lowest BCUT2D eigenvalue weighted by Gasteiger charge is -2.14. The van der Waals surface area contributed by atoms with Gasteiger partial charge in [-0.25, -0.2) is 10.2 Å². The average Bonchev–Trinajstić information content (AvgIpc) is 2.87. The molecule has 3 aromatic rings. The monoisotopic (exact) mass is 529 g/mol. The topological polar surface area (TPSA) is 98.2 Å². The van der Waals surface area contributed by atoms with Crippen LogP contribution in [0.15, 0.2) is 71.8 Å². The number of benzene rings is 3. The number of rotatable bonds is 11. The van der Waals surface area contributed by atoms with Gasteiger partial charge in [-0.3, -0.25) is 4.79 Å². The minimum atomic E-state index is -0.708. The largest absolute Gasteiger partial charge is 0.490 e. The van der Waals surface area contributed by atoms with Crippen molar-refractivity contribution in [3.63, 3.8) is 0 Å². The molecular weight excluding hydrogens is 505 g/mol. The van der Waals surface area contributed by atoms with Gasteiger partial charge in [-0.1, -0.05) is 65.7 Å². The second-order valence-electron chi connectivity index (χ2n) is 7.39. The smallest absolute Gasteiger partial charge is 0.407 e. The molecule has 188 valence electrons. The molecule has 2 amide bonds.